The number of nitrogens with one attached hydrogen (secondary N) is 1. The molecule has 0 saturated heterocycles. The zero-order valence-corrected chi connectivity index (χ0v) is 16.0. The maximum Gasteiger partial charge on any atom is 0.175 e. The Morgan fingerprint density at radius 1 is 1.27 bits per heavy atom. The molecule has 0 heterocycles. The lowest BCUT2D eigenvalue weighted by Crippen LogP contribution is -3.00. The Hall–Kier alpha value is -0.450. The second-order valence-corrected chi connectivity index (χ2v) is 7.01. The average molecular weight is 392 g/mol. The van der Waals surface area contributed by atoms with E-state index in [4.69, 9.17) is 9.47 Å². The molecule has 0 aromatic heterocycles. The summed E-state index contributed by atoms with van der Waals surface area (Å²) in [6.07, 6.45) is 5.16. The minimum absolute atomic E-state index is 0. The van der Waals surface area contributed by atoms with Crippen molar-refractivity contribution in [2.45, 2.75) is 52.2 Å². The molecule has 0 aliphatic heterocycles. The SMILES string of the molecule is COc1cc(CNCC(C)C)cc(Br)c1OC1CCCC1.[Cl-]. The lowest BCUT2D eigenvalue weighted by Gasteiger charge is -2.18. The highest BCUT2D eigenvalue weighted by molar-refractivity contribution is 9.10. The van der Waals surface area contributed by atoms with Gasteiger partial charge < -0.3 is 27.2 Å². The molecule has 0 radical (unpaired) electrons. The van der Waals surface area contributed by atoms with E-state index in [1.807, 2.05) is 0 Å². The number of hydrogen-bond acceptors (Lipinski definition) is 3. The maximum absolute atomic E-state index is 6.13. The van der Waals surface area contributed by atoms with Gasteiger partial charge in [-0.2, -0.15) is 0 Å². The fourth-order valence-electron chi connectivity index (χ4n) is 2.67. The van der Waals surface area contributed by atoms with Crippen LogP contribution in [0.2, 0.25) is 0 Å². The summed E-state index contributed by atoms with van der Waals surface area (Å²) < 4.78 is 12.6. The van der Waals surface area contributed by atoms with Crippen molar-refractivity contribution in [1.29, 1.82) is 0 Å². The zero-order valence-electron chi connectivity index (χ0n) is 13.6. The minimum Gasteiger partial charge on any atom is -1.00 e. The van der Waals surface area contributed by atoms with E-state index in [9.17, 15) is 0 Å². The van der Waals surface area contributed by atoms with Gasteiger partial charge in [-0.3, -0.25) is 0 Å². The molecule has 126 valence electrons. The molecule has 2 rings (SSSR count). The summed E-state index contributed by atoms with van der Waals surface area (Å²) in [4.78, 5) is 0. The fraction of sp³-hybridized carbons (Fsp3) is 0.647. The number of ether oxygens (including phenoxy) is 2. The van der Waals surface area contributed by atoms with Crippen molar-refractivity contribution in [2.24, 2.45) is 5.92 Å². The van der Waals surface area contributed by atoms with Gasteiger partial charge in [0, 0.05) is 6.54 Å². The van der Waals surface area contributed by atoms with Crippen LogP contribution in [0.5, 0.6) is 11.5 Å². The predicted octanol–water partition coefficient (Wildman–Crippen LogP) is 1.53. The van der Waals surface area contributed by atoms with Crippen molar-refractivity contribution in [3.63, 3.8) is 0 Å². The molecule has 1 saturated carbocycles. The van der Waals surface area contributed by atoms with Gasteiger partial charge in [0.2, 0.25) is 0 Å². The zero-order chi connectivity index (χ0) is 15.2. The highest BCUT2D eigenvalue weighted by Gasteiger charge is 2.20. The Morgan fingerprint density at radius 2 is 1.95 bits per heavy atom. The topological polar surface area (TPSA) is 30.5 Å². The predicted molar refractivity (Wildman–Crippen MR) is 90.1 cm³/mol. The summed E-state index contributed by atoms with van der Waals surface area (Å²) in [6, 6.07) is 4.20. The first kappa shape index (κ1) is 19.6. The number of rotatable bonds is 7. The van der Waals surface area contributed by atoms with Crippen molar-refractivity contribution in [3.8, 4) is 11.5 Å². The fourth-order valence-corrected chi connectivity index (χ4v) is 3.25. The molecule has 1 fully saturated rings. The first-order valence-corrected chi connectivity index (χ1v) is 8.63. The molecule has 0 atom stereocenters. The Labute approximate surface area is 148 Å². The van der Waals surface area contributed by atoms with Crippen LogP contribution >= 0.6 is 15.9 Å². The lowest BCUT2D eigenvalue weighted by atomic mass is 10.1. The second-order valence-electron chi connectivity index (χ2n) is 6.16. The Balaban J connectivity index is 0.00000242. The number of benzene rings is 1. The summed E-state index contributed by atoms with van der Waals surface area (Å²) in [5.74, 6) is 2.31. The van der Waals surface area contributed by atoms with Crippen molar-refractivity contribution >= 4 is 15.9 Å². The molecular weight excluding hydrogens is 366 g/mol. The van der Waals surface area contributed by atoms with Crippen LogP contribution in [0.15, 0.2) is 16.6 Å². The highest BCUT2D eigenvalue weighted by Crippen LogP contribution is 2.39. The van der Waals surface area contributed by atoms with Crippen LogP contribution in [0.4, 0.5) is 0 Å². The molecule has 1 aliphatic carbocycles. The number of halogens is 2. The molecule has 22 heavy (non-hydrogen) atoms. The van der Waals surface area contributed by atoms with Crippen LogP contribution < -0.4 is 27.2 Å². The first-order valence-electron chi connectivity index (χ1n) is 7.84. The summed E-state index contributed by atoms with van der Waals surface area (Å²) in [5.41, 5.74) is 1.21. The Kier molecular flexibility index (Phi) is 8.58. The monoisotopic (exact) mass is 390 g/mol. The van der Waals surface area contributed by atoms with E-state index in [0.717, 1.165) is 41.9 Å². The van der Waals surface area contributed by atoms with Crippen LogP contribution in [-0.4, -0.2) is 19.8 Å². The first-order chi connectivity index (χ1) is 10.1. The van der Waals surface area contributed by atoms with Gasteiger partial charge in [-0.05, 0) is 71.8 Å². The molecule has 1 aliphatic rings. The van der Waals surface area contributed by atoms with Gasteiger partial charge in [0.05, 0.1) is 17.7 Å². The van der Waals surface area contributed by atoms with E-state index < -0.39 is 0 Å². The summed E-state index contributed by atoms with van der Waals surface area (Å²) >= 11 is 3.63. The van der Waals surface area contributed by atoms with Crippen LogP contribution in [-0.2, 0) is 6.54 Å². The van der Waals surface area contributed by atoms with Crippen LogP contribution in [0.25, 0.3) is 0 Å². The normalized spacial score (nSPS) is 15.0. The Morgan fingerprint density at radius 3 is 2.55 bits per heavy atom. The van der Waals surface area contributed by atoms with Gasteiger partial charge in [0.25, 0.3) is 0 Å². The van der Waals surface area contributed by atoms with Gasteiger partial charge in [-0.15, -0.1) is 0 Å². The van der Waals surface area contributed by atoms with Crippen molar-refractivity contribution in [1.82, 2.24) is 5.32 Å². The van der Waals surface area contributed by atoms with Crippen LogP contribution in [0, 0.1) is 5.92 Å². The molecule has 0 unspecified atom stereocenters. The standard InChI is InChI=1S/C17H26BrNO2.ClH/c1-12(2)10-19-11-13-8-15(18)17(16(9-13)20-3)21-14-6-4-5-7-14;/h8-9,12,14,19H,4-7,10-11H2,1-3H3;1H/p-1. The van der Waals surface area contributed by atoms with Gasteiger partial charge >= 0.3 is 0 Å². The number of hydrogen-bond donors (Lipinski definition) is 1. The smallest absolute Gasteiger partial charge is 0.175 e. The highest BCUT2D eigenvalue weighted by atomic mass is 79.9. The quantitative estimate of drug-likeness (QED) is 0.764. The minimum atomic E-state index is 0. The van der Waals surface area contributed by atoms with Crippen LogP contribution in [0.1, 0.15) is 45.1 Å². The lowest BCUT2D eigenvalue weighted by molar-refractivity contribution is -0.00000555. The van der Waals surface area contributed by atoms with E-state index in [2.05, 4.69) is 47.2 Å². The summed E-state index contributed by atoms with van der Waals surface area (Å²) in [5, 5.41) is 3.46. The molecule has 3 nitrogen and oxygen atoms in total. The molecule has 1 aromatic carbocycles. The summed E-state index contributed by atoms with van der Waals surface area (Å²) in [7, 11) is 1.70. The summed E-state index contributed by atoms with van der Waals surface area (Å²) in [6.45, 7) is 6.28. The van der Waals surface area contributed by atoms with Gasteiger partial charge in [-0.25, -0.2) is 0 Å². The maximum atomic E-state index is 6.13. The van der Waals surface area contributed by atoms with Gasteiger partial charge in [0.15, 0.2) is 11.5 Å². The van der Waals surface area contributed by atoms with Crippen molar-refractivity contribution in [2.75, 3.05) is 13.7 Å². The van der Waals surface area contributed by atoms with Crippen molar-refractivity contribution in [3.05, 3.63) is 22.2 Å². The Bertz CT molecular complexity index is 462. The van der Waals surface area contributed by atoms with E-state index in [1.165, 1.54) is 18.4 Å². The van der Waals surface area contributed by atoms with Crippen molar-refractivity contribution < 1.29 is 21.9 Å². The third-order valence-corrected chi connectivity index (χ3v) is 4.35. The largest absolute Gasteiger partial charge is 1.00 e. The van der Waals surface area contributed by atoms with E-state index in [0.29, 0.717) is 12.0 Å². The van der Waals surface area contributed by atoms with Gasteiger partial charge in [-0.1, -0.05) is 13.8 Å². The third-order valence-electron chi connectivity index (χ3n) is 3.76. The molecule has 0 bridgehead atoms. The van der Waals surface area contributed by atoms with E-state index in [1.54, 1.807) is 7.11 Å². The number of methoxy groups -OCH3 is 1. The molecule has 0 spiro atoms. The molecule has 0 amide bonds. The molecular formula is C17H26BrClNO2-. The van der Waals surface area contributed by atoms with Crippen LogP contribution in [0.3, 0.4) is 0 Å². The molecule has 1 aromatic rings. The van der Waals surface area contributed by atoms with E-state index in [-0.39, 0.29) is 12.4 Å². The molecule has 1 N–H and O–H groups in total. The average Bonchev–Trinajstić information content (AvgIpc) is 2.94. The molecule has 5 heteroatoms. The second kappa shape index (κ2) is 9.64. The van der Waals surface area contributed by atoms with Gasteiger partial charge in [0.1, 0.15) is 0 Å². The third kappa shape index (κ3) is 5.64. The van der Waals surface area contributed by atoms with E-state index >= 15 is 0 Å².